The van der Waals surface area contributed by atoms with Crippen molar-refractivity contribution in [2.75, 3.05) is 0 Å². The highest BCUT2D eigenvalue weighted by atomic mass is 15.2. The van der Waals surface area contributed by atoms with Crippen LogP contribution in [0.15, 0.2) is 228 Å². The molecule has 1 aliphatic heterocycles. The summed E-state index contributed by atoms with van der Waals surface area (Å²) in [5, 5.41) is 8.64. The number of nitrogens with zero attached hydrogens (tertiary/aromatic N) is 3. The van der Waals surface area contributed by atoms with Crippen molar-refractivity contribution in [2.24, 2.45) is 9.98 Å². The van der Waals surface area contributed by atoms with E-state index in [1.807, 2.05) is 0 Å². The van der Waals surface area contributed by atoms with Crippen molar-refractivity contribution in [2.45, 2.75) is 6.17 Å². The quantitative estimate of drug-likeness (QED) is 0.173. The summed E-state index contributed by atoms with van der Waals surface area (Å²) < 4.78 is 2.34. The molecule has 0 spiro atoms. The van der Waals surface area contributed by atoms with Crippen molar-refractivity contribution in [3.8, 4) is 39.1 Å². The Morgan fingerprint density at radius 1 is 0.390 bits per heavy atom. The second-order valence-electron chi connectivity index (χ2n) is 15.1. The first-order chi connectivity index (χ1) is 29.2. The van der Waals surface area contributed by atoms with Crippen molar-refractivity contribution in [3.63, 3.8) is 0 Å². The second-order valence-corrected chi connectivity index (χ2v) is 15.1. The van der Waals surface area contributed by atoms with Crippen LogP contribution in [0.3, 0.4) is 0 Å². The van der Waals surface area contributed by atoms with E-state index in [0.29, 0.717) is 5.84 Å². The topological polar surface area (TPSA) is 41.7 Å². The molecule has 0 saturated carbocycles. The third kappa shape index (κ3) is 6.37. The van der Waals surface area contributed by atoms with Crippen LogP contribution in [0.4, 0.5) is 0 Å². The summed E-state index contributed by atoms with van der Waals surface area (Å²) in [4.78, 5) is 10.6. The van der Waals surface area contributed by atoms with Gasteiger partial charge < -0.3 is 9.88 Å². The van der Waals surface area contributed by atoms with Crippen LogP contribution in [0.5, 0.6) is 0 Å². The molecule has 1 aromatic heterocycles. The summed E-state index contributed by atoms with van der Waals surface area (Å²) >= 11 is 0. The average molecular weight is 755 g/mol. The van der Waals surface area contributed by atoms with Crippen LogP contribution >= 0.6 is 0 Å². The molecule has 0 aliphatic carbocycles. The SMILES string of the molecule is c1ccc(-c2cccc(-c3ccc(C4N=C(c5cccc(-n6c7ccccc7c7ccccc76)c5)N=C(c5cccc(-c6cccc7ccccc67)c5)N4)cc3)c2)cc1. The monoisotopic (exact) mass is 754 g/mol. The van der Waals surface area contributed by atoms with Crippen LogP contribution in [-0.4, -0.2) is 16.2 Å². The Labute approximate surface area is 343 Å². The van der Waals surface area contributed by atoms with Crippen LogP contribution in [0, 0.1) is 0 Å². The molecule has 1 atom stereocenters. The normalized spacial score (nSPS) is 13.9. The predicted molar refractivity (Wildman–Crippen MR) is 246 cm³/mol. The van der Waals surface area contributed by atoms with E-state index in [9.17, 15) is 0 Å². The molecule has 0 radical (unpaired) electrons. The molecule has 0 amide bonds. The minimum atomic E-state index is -0.361. The zero-order chi connectivity index (χ0) is 39.1. The molecule has 10 aromatic rings. The first-order valence-electron chi connectivity index (χ1n) is 20.1. The molecule has 278 valence electrons. The first-order valence-corrected chi connectivity index (χ1v) is 20.1. The summed E-state index contributed by atoms with van der Waals surface area (Å²) in [7, 11) is 0. The van der Waals surface area contributed by atoms with Gasteiger partial charge in [0.25, 0.3) is 0 Å². The Balaban J connectivity index is 1.01. The lowest BCUT2D eigenvalue weighted by atomic mass is 9.96. The number of hydrogen-bond donors (Lipinski definition) is 1. The van der Waals surface area contributed by atoms with Gasteiger partial charge in [0.05, 0.1) is 11.0 Å². The Morgan fingerprint density at radius 2 is 0.932 bits per heavy atom. The van der Waals surface area contributed by atoms with E-state index >= 15 is 0 Å². The summed E-state index contributed by atoms with van der Waals surface area (Å²) in [5.41, 5.74) is 13.5. The Kier molecular flexibility index (Phi) is 8.52. The number of amidine groups is 2. The van der Waals surface area contributed by atoms with E-state index in [1.54, 1.807) is 0 Å². The highest BCUT2D eigenvalue weighted by molar-refractivity contribution is 6.14. The number of rotatable bonds is 7. The number of aromatic nitrogens is 1. The van der Waals surface area contributed by atoms with Crippen LogP contribution in [0.2, 0.25) is 0 Å². The van der Waals surface area contributed by atoms with Crippen molar-refractivity contribution >= 4 is 44.2 Å². The summed E-state index contributed by atoms with van der Waals surface area (Å²) in [5.74, 6) is 1.46. The van der Waals surface area contributed by atoms with Gasteiger partial charge in [-0.3, -0.25) is 0 Å². The van der Waals surface area contributed by atoms with E-state index in [0.717, 1.165) is 39.3 Å². The smallest absolute Gasteiger partial charge is 0.159 e. The molecule has 9 aromatic carbocycles. The van der Waals surface area contributed by atoms with Gasteiger partial charge >= 0.3 is 0 Å². The van der Waals surface area contributed by atoms with E-state index in [1.165, 1.54) is 54.8 Å². The molecule has 1 N–H and O–H groups in total. The molecule has 0 bridgehead atoms. The average Bonchev–Trinajstić information content (AvgIpc) is 3.66. The van der Waals surface area contributed by atoms with Gasteiger partial charge in [-0.2, -0.15) is 0 Å². The molecule has 2 heterocycles. The minimum Gasteiger partial charge on any atom is -0.344 e. The van der Waals surface area contributed by atoms with Gasteiger partial charge in [0, 0.05) is 27.6 Å². The number of benzene rings is 9. The summed E-state index contributed by atoms with van der Waals surface area (Å²) in [6, 6.07) is 77.6. The highest BCUT2D eigenvalue weighted by Gasteiger charge is 2.23. The fraction of sp³-hybridized carbons (Fsp3) is 0.0182. The summed E-state index contributed by atoms with van der Waals surface area (Å²) in [6.07, 6.45) is -0.361. The maximum Gasteiger partial charge on any atom is 0.159 e. The van der Waals surface area contributed by atoms with Crippen LogP contribution in [0.25, 0.3) is 71.6 Å². The fourth-order valence-electron chi connectivity index (χ4n) is 8.56. The molecule has 11 rings (SSSR count). The van der Waals surface area contributed by atoms with Crippen LogP contribution in [-0.2, 0) is 0 Å². The third-order valence-electron chi connectivity index (χ3n) is 11.5. The Hall–Kier alpha value is -7.82. The van der Waals surface area contributed by atoms with Gasteiger partial charge in [-0.15, -0.1) is 0 Å². The zero-order valence-electron chi connectivity index (χ0n) is 32.2. The van der Waals surface area contributed by atoms with E-state index in [2.05, 4.69) is 228 Å². The minimum absolute atomic E-state index is 0.361. The van der Waals surface area contributed by atoms with Gasteiger partial charge in [0.15, 0.2) is 5.84 Å². The van der Waals surface area contributed by atoms with Crippen molar-refractivity contribution in [1.82, 2.24) is 9.88 Å². The molecule has 1 unspecified atom stereocenters. The number of nitrogens with one attached hydrogen (secondary N) is 1. The van der Waals surface area contributed by atoms with Gasteiger partial charge in [0.2, 0.25) is 0 Å². The van der Waals surface area contributed by atoms with E-state index in [4.69, 9.17) is 9.98 Å². The lowest BCUT2D eigenvalue weighted by Crippen LogP contribution is -2.33. The van der Waals surface area contributed by atoms with Crippen LogP contribution in [0.1, 0.15) is 22.9 Å². The lowest BCUT2D eigenvalue weighted by molar-refractivity contribution is 0.674. The molecule has 59 heavy (non-hydrogen) atoms. The summed E-state index contributed by atoms with van der Waals surface area (Å²) in [6.45, 7) is 0. The largest absolute Gasteiger partial charge is 0.344 e. The Bertz CT molecular complexity index is 3190. The number of fused-ring (bicyclic) bond motifs is 4. The van der Waals surface area contributed by atoms with Crippen molar-refractivity contribution < 1.29 is 0 Å². The van der Waals surface area contributed by atoms with Gasteiger partial charge in [-0.05, 0) is 86.1 Å². The van der Waals surface area contributed by atoms with Crippen LogP contribution < -0.4 is 5.32 Å². The van der Waals surface area contributed by atoms with Crippen molar-refractivity contribution in [1.29, 1.82) is 0 Å². The molecule has 4 nitrogen and oxygen atoms in total. The number of aliphatic imine (C=N–C) groups is 2. The van der Waals surface area contributed by atoms with Gasteiger partial charge in [0.1, 0.15) is 12.0 Å². The predicted octanol–water partition coefficient (Wildman–Crippen LogP) is 13.4. The molecule has 1 aliphatic rings. The highest BCUT2D eigenvalue weighted by Crippen LogP contribution is 2.34. The standard InChI is InChI=1S/C55H38N4/c1-2-14-37(15-3-1)41-18-10-19-42(34-41)38-30-32-40(33-31-38)53-56-54(44-21-11-20-43(35-44)48-27-13-17-39-16-4-5-24-47(39)48)58-55(57-53)45-22-12-23-46(36-45)59-51-28-8-6-25-49(51)50-26-7-9-29-52(50)59/h1-36,53H,(H,56,57,58). The molecule has 4 heteroatoms. The molecule has 0 saturated heterocycles. The Morgan fingerprint density at radius 3 is 1.69 bits per heavy atom. The number of hydrogen-bond acceptors (Lipinski definition) is 3. The van der Waals surface area contributed by atoms with Gasteiger partial charge in [-0.25, -0.2) is 9.98 Å². The maximum absolute atomic E-state index is 5.33. The third-order valence-corrected chi connectivity index (χ3v) is 11.5. The molecular weight excluding hydrogens is 717 g/mol. The maximum atomic E-state index is 5.33. The van der Waals surface area contributed by atoms with E-state index in [-0.39, 0.29) is 6.17 Å². The first kappa shape index (κ1) is 34.4. The van der Waals surface area contributed by atoms with Crippen molar-refractivity contribution in [3.05, 3.63) is 235 Å². The lowest BCUT2D eigenvalue weighted by Gasteiger charge is -2.24. The molecular formula is C55H38N4. The number of para-hydroxylation sites is 2. The van der Waals surface area contributed by atoms with E-state index < -0.39 is 0 Å². The zero-order valence-corrected chi connectivity index (χ0v) is 32.2. The molecule has 0 fully saturated rings. The second kappa shape index (κ2) is 14.6. The fourth-order valence-corrected chi connectivity index (χ4v) is 8.56. The van der Waals surface area contributed by atoms with Gasteiger partial charge in [-0.1, -0.05) is 182 Å².